The molecule has 8 rings (SSSR count). The number of fused-ring (bicyclic) bond motifs is 1. The van der Waals surface area contributed by atoms with Crippen LogP contribution in [0.1, 0.15) is 99.1 Å². The lowest BCUT2D eigenvalue weighted by molar-refractivity contribution is -0.136. The minimum Gasteiger partial charge on any atom is -0.490 e. The van der Waals surface area contributed by atoms with Crippen molar-refractivity contribution >= 4 is 52.6 Å². The maximum absolute atomic E-state index is 16.6. The molecule has 1 saturated carbocycles. The number of piperazine rings is 1. The number of nitrogens with one attached hydrogen (secondary N) is 2. The fourth-order valence-corrected chi connectivity index (χ4v) is 8.09. The first-order valence-electron chi connectivity index (χ1n) is 23.1. The van der Waals surface area contributed by atoms with Gasteiger partial charge in [0.1, 0.15) is 29.4 Å². The average molecular weight is 838 g/mol. The van der Waals surface area contributed by atoms with Crippen LogP contribution in [0.15, 0.2) is 36.4 Å². The minimum absolute atomic E-state index is 0.0883. The first-order valence-corrected chi connectivity index (χ1v) is 19.4. The molecule has 5 heterocycles. The molecule has 1 aromatic heterocycles. The van der Waals surface area contributed by atoms with Gasteiger partial charge in [0.25, 0.3) is 17.7 Å². The number of nitrogens with zero attached hydrogens (tertiary/aromatic N) is 7. The van der Waals surface area contributed by atoms with Crippen molar-refractivity contribution in [2.75, 3.05) is 55.4 Å². The van der Waals surface area contributed by atoms with E-state index in [0.717, 1.165) is 0 Å². The van der Waals surface area contributed by atoms with Crippen molar-refractivity contribution in [3.05, 3.63) is 75.4 Å². The van der Waals surface area contributed by atoms with Crippen molar-refractivity contribution in [2.24, 2.45) is 5.92 Å². The summed E-state index contributed by atoms with van der Waals surface area (Å²) in [5.74, 6) is -8.30. The lowest BCUT2D eigenvalue weighted by Gasteiger charge is -2.40. The SMILES string of the molecule is [2H]C1([2H])N(CC2CCN(c3ccc(C(=O)NC4CCC(Oc5ccc(C#N)c(Cl)c5)CC4)nn3)CC2)C([2H])([2H])C([2H])([2H])N(c2c(F)cc3c(c2F)C(=O)N(C2CCC(=O)NC2=O)C3=O)C1([2H])[2H]. The summed E-state index contributed by atoms with van der Waals surface area (Å²) < 4.78 is 110. The zero-order valence-electron chi connectivity index (χ0n) is 39.3. The number of carbonyl (C=O) groups is 5. The van der Waals surface area contributed by atoms with Gasteiger partial charge in [-0.05, 0) is 81.2 Å². The van der Waals surface area contributed by atoms with Crippen LogP contribution < -0.4 is 25.2 Å². The van der Waals surface area contributed by atoms with E-state index in [9.17, 15) is 24.0 Å². The number of amides is 5. The molecule has 5 aliphatic rings. The maximum Gasteiger partial charge on any atom is 0.272 e. The highest BCUT2D eigenvalue weighted by atomic mass is 35.5. The van der Waals surface area contributed by atoms with E-state index in [-0.39, 0.29) is 61.5 Å². The molecule has 5 amide bonds. The van der Waals surface area contributed by atoms with E-state index in [0.29, 0.717) is 63.7 Å². The van der Waals surface area contributed by atoms with E-state index in [1.807, 2.05) is 16.3 Å². The van der Waals surface area contributed by atoms with Crippen LogP contribution in [0.5, 0.6) is 5.75 Å². The average Bonchev–Trinajstić information content (AvgIpc) is 3.52. The fourth-order valence-electron chi connectivity index (χ4n) is 7.88. The van der Waals surface area contributed by atoms with Crippen LogP contribution in [0.3, 0.4) is 0 Å². The monoisotopic (exact) mass is 837 g/mol. The summed E-state index contributed by atoms with van der Waals surface area (Å²) in [4.78, 5) is 66.2. The lowest BCUT2D eigenvalue weighted by atomic mass is 9.93. The number of hydrogen-bond donors (Lipinski definition) is 2. The van der Waals surface area contributed by atoms with Gasteiger partial charge < -0.3 is 19.9 Å². The number of piperidine rings is 2. The molecule has 2 aromatic carbocycles. The van der Waals surface area contributed by atoms with Gasteiger partial charge in [0.15, 0.2) is 17.3 Å². The second kappa shape index (κ2) is 16.9. The highest BCUT2D eigenvalue weighted by Crippen LogP contribution is 2.37. The second-order valence-corrected chi connectivity index (χ2v) is 15.2. The molecule has 59 heavy (non-hydrogen) atoms. The van der Waals surface area contributed by atoms with Crippen LogP contribution in [-0.4, -0.2) is 113 Å². The van der Waals surface area contributed by atoms with E-state index in [1.54, 1.807) is 24.3 Å². The molecule has 4 fully saturated rings. The number of nitriles is 1. The van der Waals surface area contributed by atoms with Crippen molar-refractivity contribution in [2.45, 2.75) is 69.6 Å². The number of benzene rings is 2. The molecule has 1 atom stereocenters. The summed E-state index contributed by atoms with van der Waals surface area (Å²) in [7, 11) is 0. The van der Waals surface area contributed by atoms with E-state index in [4.69, 9.17) is 32.6 Å². The Morgan fingerprint density at radius 3 is 2.36 bits per heavy atom. The quantitative estimate of drug-likeness (QED) is 0.298. The third-order valence-electron chi connectivity index (χ3n) is 11.1. The molecule has 1 aliphatic carbocycles. The minimum atomic E-state index is -3.74. The van der Waals surface area contributed by atoms with Gasteiger partial charge >= 0.3 is 0 Å². The van der Waals surface area contributed by atoms with Gasteiger partial charge in [-0.3, -0.25) is 39.1 Å². The predicted octanol–water partition coefficient (Wildman–Crippen LogP) is 3.84. The Labute approximate surface area is 354 Å². The molecule has 3 aromatic rings. The highest BCUT2D eigenvalue weighted by Gasteiger charge is 2.47. The van der Waals surface area contributed by atoms with Crippen molar-refractivity contribution in [3.63, 3.8) is 0 Å². The number of hydrogen-bond acceptors (Lipinski definition) is 12. The number of anilines is 2. The molecule has 4 aliphatic heterocycles. The maximum atomic E-state index is 16.6. The number of aromatic nitrogens is 2. The fraction of sp³-hybridized carbons (Fsp3) is 0.463. The molecular formula is C41H42ClF2N9O6. The zero-order chi connectivity index (χ0) is 48.5. The number of rotatable bonds is 9. The normalized spacial score (nSPS) is 28.3. The van der Waals surface area contributed by atoms with Gasteiger partial charge in [0.2, 0.25) is 11.8 Å². The van der Waals surface area contributed by atoms with Crippen molar-refractivity contribution in [3.8, 4) is 11.8 Å². The Balaban J connectivity index is 0.900. The lowest BCUT2D eigenvalue weighted by Crippen LogP contribution is -2.54. The van der Waals surface area contributed by atoms with E-state index >= 15 is 8.78 Å². The topological polar surface area (TPSA) is 181 Å². The van der Waals surface area contributed by atoms with Crippen LogP contribution in [0.2, 0.25) is 5.02 Å². The smallest absolute Gasteiger partial charge is 0.272 e. The van der Waals surface area contributed by atoms with Crippen LogP contribution >= 0.6 is 11.6 Å². The van der Waals surface area contributed by atoms with E-state index < -0.39 is 102 Å². The van der Waals surface area contributed by atoms with Crippen LogP contribution in [0, 0.1) is 28.9 Å². The molecule has 1 unspecified atom stereocenters. The Kier molecular flexibility index (Phi) is 8.92. The summed E-state index contributed by atoms with van der Waals surface area (Å²) in [6, 6.07) is 8.64. The van der Waals surface area contributed by atoms with Gasteiger partial charge in [-0.15, -0.1) is 10.2 Å². The van der Waals surface area contributed by atoms with Gasteiger partial charge in [-0.25, -0.2) is 8.78 Å². The van der Waals surface area contributed by atoms with Crippen LogP contribution in [0.25, 0.3) is 0 Å². The summed E-state index contributed by atoms with van der Waals surface area (Å²) in [6.45, 7) is -14.4. The number of carbonyl (C=O) groups excluding carboxylic acids is 5. The van der Waals surface area contributed by atoms with E-state index in [1.165, 1.54) is 6.07 Å². The summed E-state index contributed by atoms with van der Waals surface area (Å²) >= 11 is 6.12. The summed E-state index contributed by atoms with van der Waals surface area (Å²) in [6.07, 6.45) is 2.48. The van der Waals surface area contributed by atoms with Gasteiger partial charge in [0, 0.05) is 69.6 Å². The molecule has 308 valence electrons. The first-order chi connectivity index (χ1) is 31.5. The van der Waals surface area contributed by atoms with E-state index in [2.05, 4.69) is 15.5 Å². The Hall–Kier alpha value is -5.73. The molecule has 18 heteroatoms. The molecule has 0 radical (unpaired) electrons. The van der Waals surface area contributed by atoms with Gasteiger partial charge in [0.05, 0.1) is 33.3 Å². The summed E-state index contributed by atoms with van der Waals surface area (Å²) in [5, 5.41) is 22.7. The molecule has 3 saturated heterocycles. The third kappa shape index (κ3) is 8.28. The van der Waals surface area contributed by atoms with Crippen molar-refractivity contribution in [1.82, 2.24) is 30.6 Å². The predicted molar refractivity (Wildman–Crippen MR) is 209 cm³/mol. The number of imide groups is 2. The summed E-state index contributed by atoms with van der Waals surface area (Å²) in [5.41, 5.74) is -3.26. The molecule has 0 bridgehead atoms. The van der Waals surface area contributed by atoms with Crippen molar-refractivity contribution in [1.29, 1.82) is 5.26 Å². The van der Waals surface area contributed by atoms with Gasteiger partial charge in [-0.2, -0.15) is 5.26 Å². The number of ether oxygens (including phenoxy) is 1. The first kappa shape index (κ1) is 31.2. The second-order valence-electron chi connectivity index (χ2n) is 14.8. The standard InChI is InChI=1S/C41H42ClF2N9O6/c42-29-19-27(4-1-24(29)21-45)59-26-5-2-25(3-6-26)46-38(55)31-7-9-33(49-48-31)51-13-11-23(12-14-51)22-50-15-17-52(18-16-50)37-30(43)20-28-35(36(37)44)41(58)53(40(28)57)32-8-10-34(54)47-39(32)56/h1,4,7,9,19-20,23,25-26,32H,2-3,5-6,8,10-18,22H2,(H,46,55)(H,47,54,56)/i15D2,16D2,17D2,18D2. The Bertz CT molecular complexity index is 2570. The third-order valence-corrected chi connectivity index (χ3v) is 11.4. The number of halogens is 3. The molecule has 2 N–H and O–H groups in total. The largest absolute Gasteiger partial charge is 0.490 e. The molecule has 15 nitrogen and oxygen atoms in total. The van der Waals surface area contributed by atoms with Gasteiger partial charge in [-0.1, -0.05) is 11.6 Å². The molecule has 0 spiro atoms. The van der Waals surface area contributed by atoms with Crippen LogP contribution in [0.4, 0.5) is 20.3 Å². The molecular weight excluding hydrogens is 788 g/mol. The van der Waals surface area contributed by atoms with Crippen LogP contribution in [-0.2, 0) is 9.59 Å². The zero-order valence-corrected chi connectivity index (χ0v) is 32.0. The van der Waals surface area contributed by atoms with Crippen molar-refractivity contribution < 1.29 is 48.5 Å². The Morgan fingerprint density at radius 1 is 0.949 bits per heavy atom. The highest BCUT2D eigenvalue weighted by molar-refractivity contribution is 6.31. The Morgan fingerprint density at radius 2 is 1.69 bits per heavy atom.